The number of hydrogen-bond acceptors (Lipinski definition) is 4. The number of ether oxygens (including phenoxy) is 2. The van der Waals surface area contributed by atoms with Crippen molar-refractivity contribution in [2.75, 3.05) is 46.6 Å². The van der Waals surface area contributed by atoms with Crippen LogP contribution < -0.4 is 10.6 Å². The molecule has 1 fully saturated rings. The number of nitrogens with one attached hydrogen (secondary N) is 2. The fourth-order valence-electron chi connectivity index (χ4n) is 3.13. The number of guanidine groups is 1. The molecule has 7 nitrogen and oxygen atoms in total. The van der Waals surface area contributed by atoms with Crippen LogP contribution in [-0.2, 0) is 15.9 Å². The number of aromatic nitrogens is 2. The molecule has 8 heteroatoms. The molecule has 2 N–H and O–H groups in total. The smallest absolute Gasteiger partial charge is 0.190 e. The lowest BCUT2D eigenvalue weighted by Gasteiger charge is -2.13. The Morgan fingerprint density at radius 1 is 1.28 bits per heavy atom. The van der Waals surface area contributed by atoms with Gasteiger partial charge in [-0.3, -0.25) is 4.99 Å². The van der Waals surface area contributed by atoms with Crippen LogP contribution in [0.2, 0.25) is 0 Å². The Morgan fingerprint density at radius 3 is 2.79 bits per heavy atom. The minimum atomic E-state index is 0. The van der Waals surface area contributed by atoms with Gasteiger partial charge >= 0.3 is 0 Å². The van der Waals surface area contributed by atoms with E-state index in [2.05, 4.69) is 45.0 Å². The highest BCUT2D eigenvalue weighted by atomic mass is 127. The second kappa shape index (κ2) is 13.6. The molecule has 2 aromatic rings. The Labute approximate surface area is 190 Å². The number of aliphatic imine (C=N–C) groups is 1. The van der Waals surface area contributed by atoms with Crippen LogP contribution >= 0.6 is 24.0 Å². The Morgan fingerprint density at radius 2 is 2.10 bits per heavy atom. The third kappa shape index (κ3) is 8.31. The summed E-state index contributed by atoms with van der Waals surface area (Å²) < 4.78 is 12.9. The lowest BCUT2D eigenvalue weighted by Crippen LogP contribution is -2.39. The zero-order valence-electron chi connectivity index (χ0n) is 17.0. The van der Waals surface area contributed by atoms with Crippen LogP contribution in [-0.4, -0.2) is 62.3 Å². The number of hydrogen-bond donors (Lipinski definition) is 2. The zero-order valence-corrected chi connectivity index (χ0v) is 19.4. The van der Waals surface area contributed by atoms with Crippen molar-refractivity contribution in [1.82, 2.24) is 20.4 Å². The lowest BCUT2D eigenvalue weighted by molar-refractivity contribution is 0.0888. The van der Waals surface area contributed by atoms with Gasteiger partial charge in [0.1, 0.15) is 0 Å². The molecule has 2 heterocycles. The highest BCUT2D eigenvalue weighted by molar-refractivity contribution is 14.0. The van der Waals surface area contributed by atoms with Crippen LogP contribution in [0.15, 0.2) is 47.7 Å². The van der Waals surface area contributed by atoms with Crippen molar-refractivity contribution in [1.29, 1.82) is 0 Å². The summed E-state index contributed by atoms with van der Waals surface area (Å²) >= 11 is 0. The van der Waals surface area contributed by atoms with Crippen LogP contribution in [0.4, 0.5) is 0 Å². The molecule has 1 aromatic heterocycles. The van der Waals surface area contributed by atoms with Crippen LogP contribution in [0, 0.1) is 5.92 Å². The second-order valence-corrected chi connectivity index (χ2v) is 6.95. The Hall–Kier alpha value is -1.65. The van der Waals surface area contributed by atoms with Gasteiger partial charge in [0.25, 0.3) is 0 Å². The van der Waals surface area contributed by atoms with Gasteiger partial charge in [0.05, 0.1) is 18.9 Å². The van der Waals surface area contributed by atoms with E-state index in [-0.39, 0.29) is 24.0 Å². The van der Waals surface area contributed by atoms with E-state index in [0.717, 1.165) is 70.4 Å². The maximum absolute atomic E-state index is 5.72. The summed E-state index contributed by atoms with van der Waals surface area (Å²) in [5.41, 5.74) is 2.35. The topological polar surface area (TPSA) is 72.7 Å². The fourth-order valence-corrected chi connectivity index (χ4v) is 3.13. The predicted molar refractivity (Wildman–Crippen MR) is 126 cm³/mol. The normalized spacial score (nSPS) is 16.4. The second-order valence-electron chi connectivity index (χ2n) is 6.95. The first-order valence-corrected chi connectivity index (χ1v) is 10.0. The van der Waals surface area contributed by atoms with Crippen molar-refractivity contribution < 1.29 is 9.47 Å². The standard InChI is InChI=1S/C21H31N5O2.HI/c1-22-21(23-10-3-14-27-16-19-9-15-28-17-19)24-12-8-18-4-6-20(7-5-18)26-13-2-11-25-26;/h2,4-7,11,13,19H,3,8-10,12,14-17H2,1H3,(H2,22,23,24);1H. The molecule has 1 atom stereocenters. The molecule has 3 rings (SSSR count). The molecule has 0 saturated carbocycles. The van der Waals surface area contributed by atoms with E-state index in [0.29, 0.717) is 5.92 Å². The lowest BCUT2D eigenvalue weighted by atomic mass is 10.1. The monoisotopic (exact) mass is 513 g/mol. The van der Waals surface area contributed by atoms with E-state index in [1.807, 2.05) is 16.9 Å². The summed E-state index contributed by atoms with van der Waals surface area (Å²) in [4.78, 5) is 4.27. The molecule has 0 spiro atoms. The maximum Gasteiger partial charge on any atom is 0.190 e. The number of nitrogens with zero attached hydrogens (tertiary/aromatic N) is 3. The summed E-state index contributed by atoms with van der Waals surface area (Å²) in [6.07, 6.45) is 6.75. The summed E-state index contributed by atoms with van der Waals surface area (Å²) in [5, 5.41) is 10.9. The molecule has 1 aliphatic heterocycles. The van der Waals surface area contributed by atoms with Crippen molar-refractivity contribution in [3.8, 4) is 5.69 Å². The molecule has 0 radical (unpaired) electrons. The Balaban J connectivity index is 0.00000300. The minimum Gasteiger partial charge on any atom is -0.381 e. The highest BCUT2D eigenvalue weighted by Gasteiger charge is 2.15. The van der Waals surface area contributed by atoms with E-state index in [1.54, 1.807) is 13.2 Å². The summed E-state index contributed by atoms with van der Waals surface area (Å²) in [6.45, 7) is 4.99. The molecule has 1 aliphatic rings. The van der Waals surface area contributed by atoms with Crippen LogP contribution in [0.5, 0.6) is 0 Å². The van der Waals surface area contributed by atoms with Gasteiger partial charge in [0.2, 0.25) is 0 Å². The minimum absolute atomic E-state index is 0. The molecule has 0 aliphatic carbocycles. The molecular weight excluding hydrogens is 481 g/mol. The largest absolute Gasteiger partial charge is 0.381 e. The Kier molecular flexibility index (Phi) is 11.0. The highest BCUT2D eigenvalue weighted by Crippen LogP contribution is 2.12. The Bertz CT molecular complexity index is 700. The van der Waals surface area contributed by atoms with Crippen LogP contribution in [0.1, 0.15) is 18.4 Å². The van der Waals surface area contributed by atoms with Gasteiger partial charge in [-0.05, 0) is 43.0 Å². The molecule has 29 heavy (non-hydrogen) atoms. The van der Waals surface area contributed by atoms with E-state index >= 15 is 0 Å². The van der Waals surface area contributed by atoms with E-state index in [1.165, 1.54) is 5.56 Å². The molecule has 0 bridgehead atoms. The molecule has 1 unspecified atom stereocenters. The SMILES string of the molecule is CN=C(NCCCOCC1CCOC1)NCCc1ccc(-n2cccn2)cc1.I. The van der Waals surface area contributed by atoms with Crippen LogP contribution in [0.25, 0.3) is 5.69 Å². The van der Waals surface area contributed by atoms with Gasteiger partial charge in [-0.1, -0.05) is 12.1 Å². The third-order valence-corrected chi connectivity index (χ3v) is 4.77. The third-order valence-electron chi connectivity index (χ3n) is 4.77. The summed E-state index contributed by atoms with van der Waals surface area (Å²) in [5.74, 6) is 1.41. The number of halogens is 1. The average Bonchev–Trinajstić information content (AvgIpc) is 3.44. The van der Waals surface area contributed by atoms with E-state index < -0.39 is 0 Å². The number of rotatable bonds is 10. The van der Waals surface area contributed by atoms with Gasteiger partial charge in [-0.25, -0.2) is 4.68 Å². The van der Waals surface area contributed by atoms with Crippen LogP contribution in [0.3, 0.4) is 0 Å². The van der Waals surface area contributed by atoms with Gasteiger partial charge in [-0.2, -0.15) is 5.10 Å². The van der Waals surface area contributed by atoms with Crippen molar-refractivity contribution in [3.05, 3.63) is 48.3 Å². The van der Waals surface area contributed by atoms with Crippen molar-refractivity contribution >= 4 is 29.9 Å². The molecule has 1 saturated heterocycles. The van der Waals surface area contributed by atoms with Crippen molar-refractivity contribution in [3.63, 3.8) is 0 Å². The van der Waals surface area contributed by atoms with Gasteiger partial charge < -0.3 is 20.1 Å². The van der Waals surface area contributed by atoms with E-state index in [4.69, 9.17) is 9.47 Å². The van der Waals surface area contributed by atoms with Gasteiger partial charge in [-0.15, -0.1) is 24.0 Å². The average molecular weight is 513 g/mol. The maximum atomic E-state index is 5.72. The first-order chi connectivity index (χ1) is 13.8. The first kappa shape index (κ1) is 23.6. The van der Waals surface area contributed by atoms with Gasteiger partial charge in [0.15, 0.2) is 5.96 Å². The van der Waals surface area contributed by atoms with Gasteiger partial charge in [0, 0.05) is 51.7 Å². The van der Waals surface area contributed by atoms with Crippen molar-refractivity contribution in [2.45, 2.75) is 19.3 Å². The van der Waals surface area contributed by atoms with Crippen molar-refractivity contribution in [2.24, 2.45) is 10.9 Å². The number of benzene rings is 1. The van der Waals surface area contributed by atoms with E-state index in [9.17, 15) is 0 Å². The molecular formula is C21H32IN5O2. The molecule has 0 amide bonds. The predicted octanol–water partition coefficient (Wildman–Crippen LogP) is 2.64. The first-order valence-electron chi connectivity index (χ1n) is 10.0. The molecule has 1 aromatic carbocycles. The molecule has 160 valence electrons. The summed E-state index contributed by atoms with van der Waals surface area (Å²) in [6, 6.07) is 10.4. The quantitative estimate of drug-likeness (QED) is 0.221. The fraction of sp³-hybridized carbons (Fsp3) is 0.524. The zero-order chi connectivity index (χ0) is 19.4. The summed E-state index contributed by atoms with van der Waals surface area (Å²) in [7, 11) is 1.80.